The second-order valence-corrected chi connectivity index (χ2v) is 5.98. The molecular weight excluding hydrogens is 326 g/mol. The highest BCUT2D eigenvalue weighted by molar-refractivity contribution is 6.03. The second-order valence-electron chi connectivity index (χ2n) is 5.98. The van der Waals surface area contributed by atoms with E-state index in [2.05, 4.69) is 34.9 Å². The number of pyridine rings is 1. The summed E-state index contributed by atoms with van der Waals surface area (Å²) in [4.78, 5) is 4.81. The van der Waals surface area contributed by atoms with Crippen LogP contribution >= 0.6 is 0 Å². The Morgan fingerprint density at radius 2 is 1.58 bits per heavy atom. The first kappa shape index (κ1) is 18.4. The first-order valence-corrected chi connectivity index (χ1v) is 9.29. The SMILES string of the molecule is CCOCCNc1ccc2nc3ccccc3cc2c1NCCOCC. The van der Waals surface area contributed by atoms with Crippen molar-refractivity contribution in [3.8, 4) is 0 Å². The Hall–Kier alpha value is -2.37. The predicted octanol–water partition coefficient (Wildman–Crippen LogP) is 4.28. The Morgan fingerprint density at radius 1 is 0.846 bits per heavy atom. The van der Waals surface area contributed by atoms with Gasteiger partial charge in [-0.1, -0.05) is 18.2 Å². The molecule has 0 atom stereocenters. The summed E-state index contributed by atoms with van der Waals surface area (Å²) in [6, 6.07) is 14.6. The van der Waals surface area contributed by atoms with Crippen LogP contribution in [-0.2, 0) is 9.47 Å². The summed E-state index contributed by atoms with van der Waals surface area (Å²) in [6.45, 7) is 8.34. The molecule has 3 rings (SSSR count). The lowest BCUT2D eigenvalue weighted by atomic mass is 10.1. The van der Waals surface area contributed by atoms with Crippen LogP contribution in [0.1, 0.15) is 13.8 Å². The lowest BCUT2D eigenvalue weighted by molar-refractivity contribution is 0.157. The van der Waals surface area contributed by atoms with Gasteiger partial charge in [0.2, 0.25) is 0 Å². The monoisotopic (exact) mass is 353 g/mol. The van der Waals surface area contributed by atoms with Crippen LogP contribution in [0.5, 0.6) is 0 Å². The molecule has 0 aliphatic carbocycles. The molecule has 5 nitrogen and oxygen atoms in total. The molecule has 0 spiro atoms. The van der Waals surface area contributed by atoms with Crippen molar-refractivity contribution in [2.75, 3.05) is 50.2 Å². The average Bonchev–Trinajstić information content (AvgIpc) is 2.68. The molecule has 1 aromatic heterocycles. The van der Waals surface area contributed by atoms with Gasteiger partial charge in [-0.05, 0) is 38.1 Å². The van der Waals surface area contributed by atoms with E-state index in [1.807, 2.05) is 32.0 Å². The van der Waals surface area contributed by atoms with Crippen LogP contribution in [-0.4, -0.2) is 44.5 Å². The Bertz CT molecular complexity index is 851. The Labute approximate surface area is 154 Å². The van der Waals surface area contributed by atoms with Crippen molar-refractivity contribution in [1.29, 1.82) is 0 Å². The van der Waals surface area contributed by atoms with E-state index in [1.54, 1.807) is 0 Å². The molecule has 0 fully saturated rings. The highest BCUT2D eigenvalue weighted by Crippen LogP contribution is 2.32. The van der Waals surface area contributed by atoms with Gasteiger partial charge in [-0.3, -0.25) is 0 Å². The topological polar surface area (TPSA) is 55.4 Å². The minimum Gasteiger partial charge on any atom is -0.381 e. The van der Waals surface area contributed by atoms with E-state index >= 15 is 0 Å². The molecule has 0 aliphatic rings. The van der Waals surface area contributed by atoms with Gasteiger partial charge in [-0.25, -0.2) is 4.98 Å². The van der Waals surface area contributed by atoms with Crippen molar-refractivity contribution in [3.63, 3.8) is 0 Å². The molecule has 0 unspecified atom stereocenters. The molecule has 2 N–H and O–H groups in total. The van der Waals surface area contributed by atoms with Crippen LogP contribution in [0.3, 0.4) is 0 Å². The minimum atomic E-state index is 0.673. The zero-order valence-corrected chi connectivity index (χ0v) is 15.5. The third kappa shape index (κ3) is 4.42. The largest absolute Gasteiger partial charge is 0.381 e. The number of para-hydroxylation sites is 1. The maximum absolute atomic E-state index is 5.47. The molecular formula is C21H27N3O2. The molecule has 0 saturated heterocycles. The first-order valence-electron chi connectivity index (χ1n) is 9.29. The van der Waals surface area contributed by atoms with E-state index in [9.17, 15) is 0 Å². The highest BCUT2D eigenvalue weighted by Gasteiger charge is 2.10. The van der Waals surface area contributed by atoms with E-state index in [-0.39, 0.29) is 0 Å². The van der Waals surface area contributed by atoms with Crippen molar-refractivity contribution in [2.24, 2.45) is 0 Å². The average molecular weight is 353 g/mol. The smallest absolute Gasteiger partial charge is 0.0732 e. The molecule has 0 radical (unpaired) electrons. The van der Waals surface area contributed by atoms with Crippen molar-refractivity contribution >= 4 is 33.2 Å². The maximum Gasteiger partial charge on any atom is 0.0732 e. The maximum atomic E-state index is 5.47. The zero-order chi connectivity index (χ0) is 18.2. The summed E-state index contributed by atoms with van der Waals surface area (Å²) >= 11 is 0. The molecule has 0 amide bonds. The van der Waals surface area contributed by atoms with Crippen LogP contribution < -0.4 is 10.6 Å². The van der Waals surface area contributed by atoms with Gasteiger partial charge in [-0.15, -0.1) is 0 Å². The van der Waals surface area contributed by atoms with Crippen LogP contribution in [0.15, 0.2) is 42.5 Å². The van der Waals surface area contributed by atoms with Gasteiger partial charge < -0.3 is 20.1 Å². The quantitative estimate of drug-likeness (QED) is 0.421. The van der Waals surface area contributed by atoms with E-state index in [0.717, 1.165) is 59.5 Å². The number of hydrogen-bond acceptors (Lipinski definition) is 5. The number of nitrogens with one attached hydrogen (secondary N) is 2. The standard InChI is InChI=1S/C21H27N3O2/c1-3-25-13-11-22-20-10-9-19-17(21(20)23-12-14-26-4-2)15-16-7-5-6-8-18(16)24-19/h5-10,15,22-23H,3-4,11-14H2,1-2H3. The molecule has 138 valence electrons. The molecule has 0 bridgehead atoms. The number of anilines is 2. The number of nitrogens with zero attached hydrogens (tertiary/aromatic N) is 1. The zero-order valence-electron chi connectivity index (χ0n) is 15.5. The third-order valence-electron chi connectivity index (χ3n) is 4.22. The van der Waals surface area contributed by atoms with E-state index in [1.165, 1.54) is 0 Å². The minimum absolute atomic E-state index is 0.673. The summed E-state index contributed by atoms with van der Waals surface area (Å²) in [7, 11) is 0. The third-order valence-corrected chi connectivity index (χ3v) is 4.22. The van der Waals surface area contributed by atoms with Crippen LogP contribution in [0.4, 0.5) is 11.4 Å². The summed E-state index contributed by atoms with van der Waals surface area (Å²) in [5, 5.41) is 9.25. The normalized spacial score (nSPS) is 11.2. The van der Waals surface area contributed by atoms with E-state index in [4.69, 9.17) is 14.5 Å². The van der Waals surface area contributed by atoms with Gasteiger partial charge in [0.1, 0.15) is 0 Å². The van der Waals surface area contributed by atoms with E-state index in [0.29, 0.717) is 13.2 Å². The fraction of sp³-hybridized carbons (Fsp3) is 0.381. The molecule has 3 aromatic rings. The second kappa shape index (κ2) is 9.36. The van der Waals surface area contributed by atoms with Crippen LogP contribution in [0.2, 0.25) is 0 Å². The Balaban J connectivity index is 1.94. The molecule has 1 heterocycles. The highest BCUT2D eigenvalue weighted by atomic mass is 16.5. The van der Waals surface area contributed by atoms with Gasteiger partial charge >= 0.3 is 0 Å². The van der Waals surface area contributed by atoms with Gasteiger partial charge in [0.15, 0.2) is 0 Å². The number of fused-ring (bicyclic) bond motifs is 2. The number of rotatable bonds is 10. The Kier molecular flexibility index (Phi) is 6.63. The van der Waals surface area contributed by atoms with Crippen molar-refractivity contribution < 1.29 is 9.47 Å². The molecule has 26 heavy (non-hydrogen) atoms. The van der Waals surface area contributed by atoms with Gasteiger partial charge in [0.05, 0.1) is 35.6 Å². The first-order chi connectivity index (χ1) is 12.8. The van der Waals surface area contributed by atoms with E-state index < -0.39 is 0 Å². The summed E-state index contributed by atoms with van der Waals surface area (Å²) < 4.78 is 10.9. The molecule has 0 saturated carbocycles. The van der Waals surface area contributed by atoms with Crippen molar-refractivity contribution in [3.05, 3.63) is 42.5 Å². The van der Waals surface area contributed by atoms with Crippen molar-refractivity contribution in [2.45, 2.75) is 13.8 Å². The summed E-state index contributed by atoms with van der Waals surface area (Å²) in [5.41, 5.74) is 4.12. The Morgan fingerprint density at radius 3 is 2.35 bits per heavy atom. The number of ether oxygens (including phenoxy) is 2. The van der Waals surface area contributed by atoms with Gasteiger partial charge in [0.25, 0.3) is 0 Å². The molecule has 2 aromatic carbocycles. The molecule has 5 heteroatoms. The van der Waals surface area contributed by atoms with Gasteiger partial charge in [-0.2, -0.15) is 0 Å². The number of aromatic nitrogens is 1. The molecule has 0 aliphatic heterocycles. The fourth-order valence-corrected chi connectivity index (χ4v) is 2.98. The number of benzene rings is 2. The summed E-state index contributed by atoms with van der Waals surface area (Å²) in [5.74, 6) is 0. The van der Waals surface area contributed by atoms with Crippen LogP contribution in [0, 0.1) is 0 Å². The fourth-order valence-electron chi connectivity index (χ4n) is 2.98. The number of hydrogen-bond donors (Lipinski definition) is 2. The summed E-state index contributed by atoms with van der Waals surface area (Å²) in [6.07, 6.45) is 0. The predicted molar refractivity (Wildman–Crippen MR) is 109 cm³/mol. The lowest BCUT2D eigenvalue weighted by Gasteiger charge is -2.17. The van der Waals surface area contributed by atoms with Crippen LogP contribution in [0.25, 0.3) is 21.8 Å². The lowest BCUT2D eigenvalue weighted by Crippen LogP contribution is -2.14. The van der Waals surface area contributed by atoms with Gasteiger partial charge in [0, 0.05) is 37.1 Å². The van der Waals surface area contributed by atoms with Crippen molar-refractivity contribution in [1.82, 2.24) is 4.98 Å².